The van der Waals surface area contributed by atoms with E-state index in [1.54, 1.807) is 17.1 Å². The monoisotopic (exact) mass is 498 g/mol. The Morgan fingerprint density at radius 2 is 1.92 bits per heavy atom. The molecule has 5 heterocycles. The molecule has 7 rings (SSSR count). The number of pyridine rings is 1. The molecule has 11 nitrogen and oxygen atoms in total. The summed E-state index contributed by atoms with van der Waals surface area (Å²) in [7, 11) is 0. The number of benzene rings is 1. The second-order valence-corrected chi connectivity index (χ2v) is 9.46. The van der Waals surface area contributed by atoms with Gasteiger partial charge in [-0.15, -0.1) is 5.10 Å². The molecule has 0 spiro atoms. The lowest BCUT2D eigenvalue weighted by molar-refractivity contribution is 0.102. The van der Waals surface area contributed by atoms with Crippen LogP contribution in [0.3, 0.4) is 0 Å². The van der Waals surface area contributed by atoms with E-state index >= 15 is 0 Å². The molecule has 2 fully saturated rings. The molecule has 1 saturated carbocycles. The van der Waals surface area contributed by atoms with Crippen LogP contribution in [0.25, 0.3) is 16.9 Å². The average molecular weight is 499 g/mol. The summed E-state index contributed by atoms with van der Waals surface area (Å²) in [6, 6.07) is 7.48. The molecule has 0 bridgehead atoms. The van der Waals surface area contributed by atoms with Gasteiger partial charge in [0.15, 0.2) is 5.75 Å². The summed E-state index contributed by atoms with van der Waals surface area (Å²) in [4.78, 5) is 24.9. The number of carbonyl (C=O) groups is 1. The van der Waals surface area contributed by atoms with Crippen LogP contribution in [0, 0.1) is 0 Å². The van der Waals surface area contributed by atoms with Crippen LogP contribution in [0.1, 0.15) is 34.9 Å². The number of nitrogens with zero attached hydrogens (tertiary/aromatic N) is 7. The lowest BCUT2D eigenvalue weighted by atomic mass is 10.1. The summed E-state index contributed by atoms with van der Waals surface area (Å²) in [5, 5.41) is 11.2. The van der Waals surface area contributed by atoms with E-state index in [1.807, 2.05) is 35.2 Å². The van der Waals surface area contributed by atoms with Crippen molar-refractivity contribution in [3.05, 3.63) is 60.6 Å². The van der Waals surface area contributed by atoms with Gasteiger partial charge in [-0.05, 0) is 31.0 Å². The lowest BCUT2D eigenvalue weighted by Crippen LogP contribution is -2.37. The molecule has 11 heteroatoms. The Labute approximate surface area is 213 Å². The number of carbonyl (C=O) groups excluding carboxylic acids is 1. The number of morpholine rings is 1. The Kier molecular flexibility index (Phi) is 5.35. The highest BCUT2D eigenvalue weighted by atomic mass is 16.5. The number of nitrogens with one attached hydrogen (secondary N) is 1. The molecule has 4 aromatic rings. The third kappa shape index (κ3) is 4.10. The minimum absolute atomic E-state index is 0.312. The third-order valence-electron chi connectivity index (χ3n) is 7.03. The quantitative estimate of drug-likeness (QED) is 0.447. The van der Waals surface area contributed by atoms with Crippen molar-refractivity contribution in [2.45, 2.75) is 25.3 Å². The van der Waals surface area contributed by atoms with Crippen LogP contribution in [-0.4, -0.2) is 68.3 Å². The lowest BCUT2D eigenvalue weighted by Gasteiger charge is -2.30. The van der Waals surface area contributed by atoms with Gasteiger partial charge in [-0.1, -0.05) is 11.3 Å². The van der Waals surface area contributed by atoms with Crippen LogP contribution in [0.4, 0.5) is 11.4 Å². The van der Waals surface area contributed by atoms with E-state index in [4.69, 9.17) is 9.47 Å². The van der Waals surface area contributed by atoms with E-state index < -0.39 is 0 Å². The SMILES string of the molecule is O=C(Nc1cccc2c1OCCn1nncc1-2)c1cc(-n2cnc(C3CC3)c2)c(N2CCOCC2)cn1. The zero-order chi connectivity index (χ0) is 24.8. The Hall–Kier alpha value is -4.25. The minimum atomic E-state index is -0.315. The number of ether oxygens (including phenoxy) is 2. The second kappa shape index (κ2) is 9.00. The second-order valence-electron chi connectivity index (χ2n) is 9.46. The average Bonchev–Trinajstić information content (AvgIpc) is 3.54. The van der Waals surface area contributed by atoms with Crippen LogP contribution >= 0.6 is 0 Å². The number of hydrogen-bond acceptors (Lipinski definition) is 8. The molecular formula is C26H26N8O3. The van der Waals surface area contributed by atoms with Crippen LogP contribution in [0.15, 0.2) is 49.2 Å². The van der Waals surface area contributed by atoms with Gasteiger partial charge in [0.2, 0.25) is 0 Å². The molecule has 1 saturated heterocycles. The van der Waals surface area contributed by atoms with E-state index in [-0.39, 0.29) is 5.91 Å². The number of aromatic nitrogens is 6. The first kappa shape index (κ1) is 22.0. The maximum absolute atomic E-state index is 13.5. The molecule has 3 aromatic heterocycles. The van der Waals surface area contributed by atoms with Crippen LogP contribution < -0.4 is 15.0 Å². The van der Waals surface area contributed by atoms with Crippen LogP contribution in [0.2, 0.25) is 0 Å². The molecule has 1 N–H and O–H groups in total. The van der Waals surface area contributed by atoms with Crippen molar-refractivity contribution in [2.24, 2.45) is 0 Å². The fraction of sp³-hybridized carbons (Fsp3) is 0.346. The topological polar surface area (TPSA) is 112 Å². The van der Waals surface area contributed by atoms with Gasteiger partial charge in [0.25, 0.3) is 5.91 Å². The molecule has 188 valence electrons. The van der Waals surface area contributed by atoms with Gasteiger partial charge >= 0.3 is 0 Å². The van der Waals surface area contributed by atoms with Crippen molar-refractivity contribution >= 4 is 17.3 Å². The van der Waals surface area contributed by atoms with E-state index in [1.165, 1.54) is 12.8 Å². The number of rotatable bonds is 5. The maximum atomic E-state index is 13.5. The Bertz CT molecular complexity index is 1470. The number of para-hydroxylation sites is 1. The molecule has 0 radical (unpaired) electrons. The first-order valence-corrected chi connectivity index (χ1v) is 12.6. The van der Waals surface area contributed by atoms with Gasteiger partial charge in [0, 0.05) is 30.8 Å². The van der Waals surface area contributed by atoms with Gasteiger partial charge in [0.05, 0.1) is 66.9 Å². The fourth-order valence-corrected chi connectivity index (χ4v) is 4.92. The highest BCUT2D eigenvalue weighted by molar-refractivity contribution is 6.05. The summed E-state index contributed by atoms with van der Waals surface area (Å²) < 4.78 is 15.4. The Morgan fingerprint density at radius 1 is 1.03 bits per heavy atom. The van der Waals surface area contributed by atoms with Gasteiger partial charge in [-0.3, -0.25) is 4.79 Å². The summed E-state index contributed by atoms with van der Waals surface area (Å²) >= 11 is 0. The van der Waals surface area contributed by atoms with Crippen molar-refractivity contribution in [3.63, 3.8) is 0 Å². The summed E-state index contributed by atoms with van der Waals surface area (Å²) in [6.07, 6.45) is 9.74. The first-order valence-electron chi connectivity index (χ1n) is 12.6. The normalized spacial score (nSPS) is 16.9. The van der Waals surface area contributed by atoms with E-state index in [2.05, 4.69) is 36.7 Å². The predicted molar refractivity (Wildman–Crippen MR) is 135 cm³/mol. The molecule has 0 unspecified atom stereocenters. The van der Waals surface area contributed by atoms with Crippen molar-refractivity contribution < 1.29 is 14.3 Å². The highest BCUT2D eigenvalue weighted by Gasteiger charge is 2.27. The molecular weight excluding hydrogens is 472 g/mol. The predicted octanol–water partition coefficient (Wildman–Crippen LogP) is 2.88. The molecule has 37 heavy (non-hydrogen) atoms. The molecule has 1 aliphatic carbocycles. The molecule has 3 aliphatic rings. The molecule has 1 amide bonds. The number of hydrogen-bond donors (Lipinski definition) is 1. The molecule has 2 aliphatic heterocycles. The minimum Gasteiger partial charge on any atom is -0.489 e. The number of anilines is 2. The van der Waals surface area contributed by atoms with Gasteiger partial charge in [-0.25, -0.2) is 14.6 Å². The fourth-order valence-electron chi connectivity index (χ4n) is 4.92. The standard InChI is InChI=1S/C26H26N8O3/c35-26(30-19-3-1-2-18-23-14-29-31-34(23)8-11-37-25(18)19)20-12-22(33-15-21(28-16-33)17-4-5-17)24(13-27-20)32-6-9-36-10-7-32/h1-3,12-17H,4-11H2,(H,30,35). The van der Waals surface area contributed by atoms with Gasteiger partial charge in [-0.2, -0.15) is 0 Å². The Morgan fingerprint density at radius 3 is 2.78 bits per heavy atom. The number of fused-ring (bicyclic) bond motifs is 3. The number of imidazole rings is 1. The third-order valence-corrected chi connectivity index (χ3v) is 7.03. The van der Waals surface area contributed by atoms with Crippen molar-refractivity contribution in [3.8, 4) is 22.7 Å². The van der Waals surface area contributed by atoms with E-state index in [9.17, 15) is 4.79 Å². The van der Waals surface area contributed by atoms with Crippen LogP contribution in [0.5, 0.6) is 5.75 Å². The van der Waals surface area contributed by atoms with Crippen LogP contribution in [-0.2, 0) is 11.3 Å². The van der Waals surface area contributed by atoms with Gasteiger partial charge in [0.1, 0.15) is 12.3 Å². The molecule has 1 aromatic carbocycles. The van der Waals surface area contributed by atoms with Crippen molar-refractivity contribution in [1.29, 1.82) is 0 Å². The maximum Gasteiger partial charge on any atom is 0.274 e. The van der Waals surface area contributed by atoms with Crippen molar-refractivity contribution in [1.82, 2.24) is 29.5 Å². The summed E-state index contributed by atoms with van der Waals surface area (Å²) in [5.74, 6) is 0.827. The zero-order valence-corrected chi connectivity index (χ0v) is 20.2. The Balaban J connectivity index is 1.23. The first-order chi connectivity index (χ1) is 18.2. The zero-order valence-electron chi connectivity index (χ0n) is 20.2. The summed E-state index contributed by atoms with van der Waals surface area (Å²) in [5.41, 5.74) is 5.50. The summed E-state index contributed by atoms with van der Waals surface area (Å²) in [6.45, 7) is 3.86. The number of amides is 1. The highest BCUT2D eigenvalue weighted by Crippen LogP contribution is 2.40. The van der Waals surface area contributed by atoms with E-state index in [0.717, 1.165) is 41.4 Å². The van der Waals surface area contributed by atoms with Crippen molar-refractivity contribution in [2.75, 3.05) is 43.1 Å². The smallest absolute Gasteiger partial charge is 0.274 e. The largest absolute Gasteiger partial charge is 0.489 e. The molecule has 0 atom stereocenters. The van der Waals surface area contributed by atoms with Gasteiger partial charge < -0.3 is 24.3 Å². The van der Waals surface area contributed by atoms with E-state index in [0.29, 0.717) is 49.4 Å².